The molecule has 0 spiro atoms. The summed E-state index contributed by atoms with van der Waals surface area (Å²) in [6.07, 6.45) is 1.61. The van der Waals surface area contributed by atoms with Crippen LogP contribution in [0.15, 0.2) is 24.4 Å². The molecule has 0 unspecified atom stereocenters. The van der Waals surface area contributed by atoms with Gasteiger partial charge in [-0.3, -0.25) is 14.6 Å². The van der Waals surface area contributed by atoms with Crippen LogP contribution in [0.4, 0.5) is 0 Å². The standard InChI is InChI=1S/C14H20N4O2/c1-12(19)18-10-8-17(9-11-18)7-6-16-14(20)13-4-2-3-5-15-13/h2-5H,6-11H2,1H3,(H,16,20)/p+1. The SMILES string of the molecule is CC(=O)N1CC[NH+](CCNC(=O)c2ccccn2)CC1. The summed E-state index contributed by atoms with van der Waals surface area (Å²) in [5, 5.41) is 2.88. The number of carbonyl (C=O) groups is 2. The Morgan fingerprint density at radius 2 is 2.10 bits per heavy atom. The van der Waals surface area contributed by atoms with Crippen LogP contribution >= 0.6 is 0 Å². The van der Waals surface area contributed by atoms with E-state index in [0.29, 0.717) is 12.2 Å². The van der Waals surface area contributed by atoms with Crippen molar-refractivity contribution >= 4 is 11.8 Å². The van der Waals surface area contributed by atoms with Crippen molar-refractivity contribution in [2.75, 3.05) is 39.3 Å². The van der Waals surface area contributed by atoms with Gasteiger partial charge in [0.05, 0.1) is 39.3 Å². The highest BCUT2D eigenvalue weighted by atomic mass is 16.2. The number of nitrogens with zero attached hydrogens (tertiary/aromatic N) is 2. The average molecular weight is 277 g/mol. The van der Waals surface area contributed by atoms with E-state index in [1.165, 1.54) is 4.90 Å². The molecule has 1 fully saturated rings. The van der Waals surface area contributed by atoms with Gasteiger partial charge in [0, 0.05) is 13.1 Å². The van der Waals surface area contributed by atoms with Gasteiger partial charge >= 0.3 is 0 Å². The van der Waals surface area contributed by atoms with Crippen molar-refractivity contribution in [1.29, 1.82) is 0 Å². The number of quaternary nitrogens is 1. The van der Waals surface area contributed by atoms with Gasteiger partial charge in [0.15, 0.2) is 0 Å². The molecule has 1 aromatic heterocycles. The fourth-order valence-corrected chi connectivity index (χ4v) is 2.33. The first-order valence-electron chi connectivity index (χ1n) is 6.95. The fourth-order valence-electron chi connectivity index (χ4n) is 2.33. The molecule has 20 heavy (non-hydrogen) atoms. The van der Waals surface area contributed by atoms with Crippen molar-refractivity contribution in [3.05, 3.63) is 30.1 Å². The molecule has 1 aromatic rings. The van der Waals surface area contributed by atoms with E-state index in [4.69, 9.17) is 0 Å². The lowest BCUT2D eigenvalue weighted by atomic mass is 10.3. The van der Waals surface area contributed by atoms with Crippen LogP contribution in [0.5, 0.6) is 0 Å². The predicted molar refractivity (Wildman–Crippen MR) is 74.4 cm³/mol. The summed E-state index contributed by atoms with van der Waals surface area (Å²) in [4.78, 5) is 30.3. The Morgan fingerprint density at radius 3 is 2.70 bits per heavy atom. The van der Waals surface area contributed by atoms with Crippen molar-refractivity contribution in [3.63, 3.8) is 0 Å². The van der Waals surface area contributed by atoms with Gasteiger partial charge in [-0.05, 0) is 12.1 Å². The molecule has 2 heterocycles. The normalized spacial score (nSPS) is 15.9. The summed E-state index contributed by atoms with van der Waals surface area (Å²) in [5.41, 5.74) is 0.448. The third kappa shape index (κ3) is 4.03. The molecule has 1 saturated heterocycles. The fraction of sp³-hybridized carbons (Fsp3) is 0.500. The van der Waals surface area contributed by atoms with E-state index in [2.05, 4.69) is 10.3 Å². The van der Waals surface area contributed by atoms with E-state index in [1.54, 1.807) is 31.3 Å². The van der Waals surface area contributed by atoms with Gasteiger partial charge in [-0.1, -0.05) is 6.07 Å². The molecular weight excluding hydrogens is 256 g/mol. The van der Waals surface area contributed by atoms with Crippen LogP contribution in [-0.4, -0.2) is 61.0 Å². The summed E-state index contributed by atoms with van der Waals surface area (Å²) < 4.78 is 0. The van der Waals surface area contributed by atoms with Crippen molar-refractivity contribution < 1.29 is 14.5 Å². The van der Waals surface area contributed by atoms with Crippen molar-refractivity contribution in [2.45, 2.75) is 6.92 Å². The molecular formula is C14H21N4O2+. The summed E-state index contributed by atoms with van der Waals surface area (Å²) in [6.45, 7) is 6.61. The third-order valence-corrected chi connectivity index (χ3v) is 3.58. The van der Waals surface area contributed by atoms with Crippen molar-refractivity contribution in [1.82, 2.24) is 15.2 Å². The van der Waals surface area contributed by atoms with E-state index in [9.17, 15) is 9.59 Å². The smallest absolute Gasteiger partial charge is 0.270 e. The van der Waals surface area contributed by atoms with Gasteiger partial charge in [-0.2, -0.15) is 0 Å². The number of amides is 2. The molecule has 2 rings (SSSR count). The molecule has 6 heteroatoms. The quantitative estimate of drug-likeness (QED) is 0.708. The third-order valence-electron chi connectivity index (χ3n) is 3.58. The molecule has 0 aliphatic carbocycles. The molecule has 2 N–H and O–H groups in total. The Bertz CT molecular complexity index is 456. The molecule has 0 aromatic carbocycles. The Hall–Kier alpha value is -1.95. The molecule has 1 aliphatic rings. The van der Waals surface area contributed by atoms with Crippen molar-refractivity contribution in [3.8, 4) is 0 Å². The van der Waals surface area contributed by atoms with Crippen LogP contribution in [0.25, 0.3) is 0 Å². The van der Waals surface area contributed by atoms with E-state index in [1.807, 2.05) is 4.90 Å². The number of hydrogen-bond acceptors (Lipinski definition) is 3. The minimum Gasteiger partial charge on any atom is -0.345 e. The second-order valence-electron chi connectivity index (χ2n) is 4.98. The topological polar surface area (TPSA) is 66.7 Å². The van der Waals surface area contributed by atoms with Crippen LogP contribution in [0.1, 0.15) is 17.4 Å². The van der Waals surface area contributed by atoms with Crippen molar-refractivity contribution in [2.24, 2.45) is 0 Å². The number of piperazine rings is 1. The number of rotatable bonds is 4. The number of hydrogen-bond donors (Lipinski definition) is 2. The predicted octanol–water partition coefficient (Wildman–Crippen LogP) is -1.44. The van der Waals surface area contributed by atoms with Gasteiger partial charge in [0.1, 0.15) is 5.69 Å². The zero-order valence-corrected chi connectivity index (χ0v) is 11.8. The Kier molecular flexibility index (Phi) is 5.06. The summed E-state index contributed by atoms with van der Waals surface area (Å²) >= 11 is 0. The highest BCUT2D eigenvalue weighted by molar-refractivity contribution is 5.92. The van der Waals surface area contributed by atoms with Crippen LogP contribution in [0, 0.1) is 0 Å². The second kappa shape index (κ2) is 7.00. The Morgan fingerprint density at radius 1 is 1.35 bits per heavy atom. The molecule has 0 atom stereocenters. The maximum Gasteiger partial charge on any atom is 0.270 e. The van der Waals surface area contributed by atoms with Gasteiger partial charge < -0.3 is 15.1 Å². The molecule has 6 nitrogen and oxygen atoms in total. The molecule has 0 radical (unpaired) electrons. The number of nitrogens with one attached hydrogen (secondary N) is 2. The van der Waals surface area contributed by atoms with E-state index >= 15 is 0 Å². The molecule has 1 aliphatic heterocycles. The maximum atomic E-state index is 11.8. The minimum absolute atomic E-state index is 0.132. The number of aromatic nitrogens is 1. The van der Waals surface area contributed by atoms with Gasteiger partial charge in [-0.25, -0.2) is 0 Å². The van der Waals surface area contributed by atoms with Gasteiger partial charge in [0.25, 0.3) is 5.91 Å². The summed E-state index contributed by atoms with van der Waals surface area (Å²) in [5.74, 6) is 0.0138. The van der Waals surface area contributed by atoms with Gasteiger partial charge in [-0.15, -0.1) is 0 Å². The highest BCUT2D eigenvalue weighted by Crippen LogP contribution is 1.92. The van der Waals surface area contributed by atoms with Crippen LogP contribution in [0.3, 0.4) is 0 Å². The molecule has 2 amide bonds. The minimum atomic E-state index is -0.132. The number of carbonyl (C=O) groups excluding carboxylic acids is 2. The maximum absolute atomic E-state index is 11.8. The number of pyridine rings is 1. The van der Waals surface area contributed by atoms with E-state index < -0.39 is 0 Å². The first-order valence-corrected chi connectivity index (χ1v) is 6.95. The Balaban J connectivity index is 1.67. The second-order valence-corrected chi connectivity index (χ2v) is 4.98. The van der Waals surface area contributed by atoms with Crippen LogP contribution < -0.4 is 10.2 Å². The molecule has 0 saturated carbocycles. The monoisotopic (exact) mass is 277 g/mol. The van der Waals surface area contributed by atoms with Crippen LogP contribution in [0.2, 0.25) is 0 Å². The first-order chi connectivity index (χ1) is 9.66. The zero-order valence-electron chi connectivity index (χ0n) is 11.8. The summed E-state index contributed by atoms with van der Waals surface area (Å²) in [6, 6.07) is 5.29. The van der Waals surface area contributed by atoms with Crippen LogP contribution in [-0.2, 0) is 4.79 Å². The molecule has 0 bridgehead atoms. The lowest BCUT2D eigenvalue weighted by Crippen LogP contribution is -3.15. The van der Waals surface area contributed by atoms with E-state index in [0.717, 1.165) is 32.7 Å². The van der Waals surface area contributed by atoms with E-state index in [-0.39, 0.29) is 11.8 Å². The highest BCUT2D eigenvalue weighted by Gasteiger charge is 2.21. The molecule has 108 valence electrons. The first kappa shape index (κ1) is 14.5. The summed E-state index contributed by atoms with van der Waals surface area (Å²) in [7, 11) is 0. The average Bonchev–Trinajstić information content (AvgIpc) is 2.48. The van der Waals surface area contributed by atoms with Gasteiger partial charge in [0.2, 0.25) is 5.91 Å². The lowest BCUT2D eigenvalue weighted by molar-refractivity contribution is -0.902. The lowest BCUT2D eigenvalue weighted by Gasteiger charge is -2.31. The zero-order chi connectivity index (χ0) is 14.4. The largest absolute Gasteiger partial charge is 0.345 e. The Labute approximate surface area is 118 Å².